The molecule has 0 aliphatic rings. The van der Waals surface area contributed by atoms with Crippen LogP contribution in [0.5, 0.6) is 0 Å². The van der Waals surface area contributed by atoms with E-state index in [0.717, 1.165) is 11.1 Å². The molecule has 8 heteroatoms. The fourth-order valence-corrected chi connectivity index (χ4v) is 4.03. The molecule has 0 bridgehead atoms. The molecule has 0 atom stereocenters. The highest BCUT2D eigenvalue weighted by atomic mass is 19.1. The van der Waals surface area contributed by atoms with Crippen molar-refractivity contribution in [2.75, 3.05) is 0 Å². The summed E-state index contributed by atoms with van der Waals surface area (Å²) in [5, 5.41) is 5.14. The van der Waals surface area contributed by atoms with Crippen LogP contribution >= 0.6 is 0 Å². The van der Waals surface area contributed by atoms with Gasteiger partial charge >= 0.3 is 0 Å². The van der Waals surface area contributed by atoms with Gasteiger partial charge in [-0.2, -0.15) is 5.10 Å². The molecule has 0 unspecified atom stereocenters. The summed E-state index contributed by atoms with van der Waals surface area (Å²) >= 11 is 0. The molecule has 2 aromatic carbocycles. The molecule has 2 heterocycles. The van der Waals surface area contributed by atoms with E-state index in [2.05, 4.69) is 10.1 Å². The Bertz CT molecular complexity index is 1390. The smallest absolute Gasteiger partial charge is 0.267 e. The molecule has 0 spiro atoms. The van der Waals surface area contributed by atoms with Crippen LogP contribution in [-0.4, -0.2) is 26.6 Å². The lowest BCUT2D eigenvalue weighted by molar-refractivity contribution is 0.0996. The summed E-state index contributed by atoms with van der Waals surface area (Å²) in [6.07, 6.45) is 0. The Morgan fingerprint density at radius 2 is 1.66 bits per heavy atom. The van der Waals surface area contributed by atoms with Crippen molar-refractivity contribution >= 4 is 22.7 Å². The van der Waals surface area contributed by atoms with Gasteiger partial charge in [-0.3, -0.25) is 14.3 Å². The number of nitrogens with zero attached hydrogens (tertiary/aromatic N) is 3. The van der Waals surface area contributed by atoms with Crippen LogP contribution < -0.4 is 11.5 Å². The van der Waals surface area contributed by atoms with Crippen LogP contribution in [0.25, 0.3) is 22.0 Å². The number of carbonyl (C=O) groups excluding carboxylic acids is 2. The number of hydrogen-bond acceptors (Lipinski definition) is 4. The molecular weight excluding hydrogens is 409 g/mol. The Hall–Kier alpha value is -4.07. The topological polar surface area (TPSA) is 117 Å². The molecular formula is C24H22FN5O2. The van der Waals surface area contributed by atoms with Gasteiger partial charge in [-0.1, -0.05) is 23.8 Å². The lowest BCUT2D eigenvalue weighted by Gasteiger charge is -2.15. The molecule has 4 aromatic rings. The van der Waals surface area contributed by atoms with Gasteiger partial charge in [0.25, 0.3) is 5.91 Å². The third kappa shape index (κ3) is 3.60. The summed E-state index contributed by atoms with van der Waals surface area (Å²) in [6.45, 7) is 5.88. The standard InChI is InChI=1S/C24H22FN5O2/c1-12-4-9-18-17(10-12)20(23(26)31)21(22(28-18)24(27)32)19-13(2)29-30(14(19)3)11-15-5-7-16(25)8-6-15/h4-10H,11H2,1-3H3,(H2,26,31)(H2,27,32). The average Bonchev–Trinajstić information content (AvgIpc) is 3.00. The van der Waals surface area contributed by atoms with Crippen molar-refractivity contribution in [1.82, 2.24) is 14.8 Å². The van der Waals surface area contributed by atoms with E-state index in [1.54, 1.807) is 29.8 Å². The molecule has 0 saturated carbocycles. The summed E-state index contributed by atoms with van der Waals surface area (Å²) in [7, 11) is 0. The number of hydrogen-bond donors (Lipinski definition) is 2. The van der Waals surface area contributed by atoms with Crippen LogP contribution in [0.15, 0.2) is 42.5 Å². The quantitative estimate of drug-likeness (QED) is 0.503. The molecule has 0 fully saturated rings. The van der Waals surface area contributed by atoms with Crippen LogP contribution in [0.2, 0.25) is 0 Å². The molecule has 4 rings (SSSR count). The van der Waals surface area contributed by atoms with Gasteiger partial charge < -0.3 is 11.5 Å². The minimum absolute atomic E-state index is 0.0392. The highest BCUT2D eigenvalue weighted by Crippen LogP contribution is 2.36. The first-order valence-electron chi connectivity index (χ1n) is 10.00. The molecule has 0 radical (unpaired) electrons. The van der Waals surface area contributed by atoms with Crippen molar-refractivity contribution in [2.45, 2.75) is 27.3 Å². The molecule has 4 N–H and O–H groups in total. The van der Waals surface area contributed by atoms with Gasteiger partial charge in [0.15, 0.2) is 0 Å². The zero-order valence-electron chi connectivity index (χ0n) is 17.9. The van der Waals surface area contributed by atoms with Crippen molar-refractivity contribution in [3.8, 4) is 11.1 Å². The minimum atomic E-state index is -0.768. The lowest BCUT2D eigenvalue weighted by Crippen LogP contribution is -2.21. The number of amides is 2. The maximum Gasteiger partial charge on any atom is 0.267 e. The molecule has 2 amide bonds. The number of pyridine rings is 1. The van der Waals surface area contributed by atoms with E-state index in [-0.39, 0.29) is 22.6 Å². The first kappa shape index (κ1) is 21.2. The predicted molar refractivity (Wildman–Crippen MR) is 120 cm³/mol. The van der Waals surface area contributed by atoms with Crippen LogP contribution in [0.4, 0.5) is 4.39 Å². The van der Waals surface area contributed by atoms with Crippen molar-refractivity contribution in [1.29, 1.82) is 0 Å². The third-order valence-corrected chi connectivity index (χ3v) is 5.50. The number of benzene rings is 2. The average molecular weight is 431 g/mol. The van der Waals surface area contributed by atoms with Crippen molar-refractivity contribution < 1.29 is 14.0 Å². The molecule has 0 saturated heterocycles. The minimum Gasteiger partial charge on any atom is -0.366 e. The monoisotopic (exact) mass is 431 g/mol. The van der Waals surface area contributed by atoms with Gasteiger partial charge in [0.2, 0.25) is 5.91 Å². The van der Waals surface area contributed by atoms with Crippen molar-refractivity contribution in [3.63, 3.8) is 0 Å². The van der Waals surface area contributed by atoms with Gasteiger partial charge in [0.1, 0.15) is 11.5 Å². The zero-order chi connectivity index (χ0) is 23.2. The number of rotatable bonds is 5. The third-order valence-electron chi connectivity index (χ3n) is 5.50. The maximum atomic E-state index is 13.3. The Balaban J connectivity index is 2.00. The van der Waals surface area contributed by atoms with Crippen LogP contribution in [0.3, 0.4) is 0 Å². The number of carbonyl (C=O) groups is 2. The van der Waals surface area contributed by atoms with Gasteiger partial charge in [-0.15, -0.1) is 0 Å². The maximum absolute atomic E-state index is 13.3. The predicted octanol–water partition coefficient (Wildman–Crippen LogP) is 3.41. The second-order valence-electron chi connectivity index (χ2n) is 7.79. The van der Waals surface area contributed by atoms with E-state index in [1.165, 1.54) is 12.1 Å². The van der Waals surface area contributed by atoms with Crippen LogP contribution in [0, 0.1) is 26.6 Å². The normalized spacial score (nSPS) is 11.1. The first-order chi connectivity index (χ1) is 15.2. The Labute approximate surface area is 183 Å². The summed E-state index contributed by atoms with van der Waals surface area (Å²) in [4.78, 5) is 29.5. The number of primary amides is 2. The summed E-state index contributed by atoms with van der Waals surface area (Å²) in [5.74, 6) is -1.78. The van der Waals surface area contributed by atoms with Gasteiger partial charge in [-0.25, -0.2) is 9.37 Å². The van der Waals surface area contributed by atoms with Crippen LogP contribution in [0.1, 0.15) is 43.4 Å². The highest BCUT2D eigenvalue weighted by molar-refractivity contribution is 6.15. The highest BCUT2D eigenvalue weighted by Gasteiger charge is 2.27. The molecule has 0 aliphatic heterocycles. The number of nitrogens with two attached hydrogens (primary N) is 2. The van der Waals surface area contributed by atoms with Gasteiger partial charge in [-0.05, 0) is 50.6 Å². The van der Waals surface area contributed by atoms with Crippen LogP contribution in [-0.2, 0) is 6.54 Å². The SMILES string of the molecule is Cc1ccc2nc(C(N)=O)c(-c3c(C)nn(Cc4ccc(F)cc4)c3C)c(C(N)=O)c2c1. The van der Waals surface area contributed by atoms with E-state index in [4.69, 9.17) is 11.5 Å². The Morgan fingerprint density at radius 1 is 0.969 bits per heavy atom. The van der Waals surface area contributed by atoms with E-state index in [1.807, 2.05) is 26.0 Å². The van der Waals surface area contributed by atoms with Crippen molar-refractivity contribution in [3.05, 3.63) is 82.1 Å². The second kappa shape index (κ2) is 7.88. The van der Waals surface area contributed by atoms with E-state index < -0.39 is 11.8 Å². The molecule has 0 aliphatic carbocycles. The number of aryl methyl sites for hydroxylation is 2. The largest absolute Gasteiger partial charge is 0.366 e. The van der Waals surface area contributed by atoms with Gasteiger partial charge in [0.05, 0.1) is 23.3 Å². The molecule has 2 aromatic heterocycles. The van der Waals surface area contributed by atoms with E-state index in [9.17, 15) is 14.0 Å². The lowest BCUT2D eigenvalue weighted by atomic mass is 9.92. The Kier molecular flexibility index (Phi) is 5.22. The summed E-state index contributed by atoms with van der Waals surface area (Å²) in [5.41, 5.74) is 16.0. The molecule has 162 valence electrons. The molecule has 7 nitrogen and oxygen atoms in total. The zero-order valence-corrected chi connectivity index (χ0v) is 17.9. The fraction of sp³-hybridized carbons (Fsp3) is 0.167. The summed E-state index contributed by atoms with van der Waals surface area (Å²) < 4.78 is 15.0. The summed E-state index contributed by atoms with van der Waals surface area (Å²) in [6, 6.07) is 11.5. The van der Waals surface area contributed by atoms with Gasteiger partial charge in [0, 0.05) is 22.2 Å². The number of aromatic nitrogens is 3. The number of fused-ring (bicyclic) bond motifs is 1. The van der Waals surface area contributed by atoms with E-state index >= 15 is 0 Å². The van der Waals surface area contributed by atoms with E-state index in [0.29, 0.717) is 34.4 Å². The first-order valence-corrected chi connectivity index (χ1v) is 10.00. The molecule has 32 heavy (non-hydrogen) atoms. The number of halogens is 1. The van der Waals surface area contributed by atoms with Crippen molar-refractivity contribution in [2.24, 2.45) is 11.5 Å². The Morgan fingerprint density at radius 3 is 2.28 bits per heavy atom. The fourth-order valence-electron chi connectivity index (χ4n) is 4.03. The second-order valence-corrected chi connectivity index (χ2v) is 7.79.